The van der Waals surface area contributed by atoms with E-state index in [0.29, 0.717) is 18.4 Å². The zero-order valence-electron chi connectivity index (χ0n) is 18.5. The zero-order valence-corrected chi connectivity index (χ0v) is 18.5. The Balaban J connectivity index is 1.62. The number of nitrogens with zero attached hydrogens (tertiary/aromatic N) is 2. The average molecular weight is 447 g/mol. The first-order valence-electron chi connectivity index (χ1n) is 11.5. The summed E-state index contributed by atoms with van der Waals surface area (Å²) in [5, 5.41) is 3.04. The predicted octanol–water partition coefficient (Wildman–Crippen LogP) is 1.13. The van der Waals surface area contributed by atoms with Gasteiger partial charge in [0.1, 0.15) is 0 Å². The smallest absolute Gasteiger partial charge is 0.252 e. The summed E-state index contributed by atoms with van der Waals surface area (Å²) < 4.78 is 0. The molecule has 2 bridgehead atoms. The van der Waals surface area contributed by atoms with E-state index in [1.54, 1.807) is 30.3 Å². The van der Waals surface area contributed by atoms with Crippen molar-refractivity contribution in [1.82, 2.24) is 15.1 Å². The van der Waals surface area contributed by atoms with Gasteiger partial charge in [-0.2, -0.15) is 0 Å². The second kappa shape index (κ2) is 6.40. The van der Waals surface area contributed by atoms with Gasteiger partial charge in [0.15, 0.2) is 0 Å². The molecule has 2 heterocycles. The number of rotatable bonds is 2. The van der Waals surface area contributed by atoms with E-state index in [1.807, 2.05) is 6.08 Å². The van der Waals surface area contributed by atoms with Gasteiger partial charge in [-0.15, -0.1) is 0 Å². The zero-order chi connectivity index (χ0) is 23.3. The van der Waals surface area contributed by atoms with Crippen LogP contribution in [-0.4, -0.2) is 59.0 Å². The summed E-state index contributed by atoms with van der Waals surface area (Å²) >= 11 is 0. The number of hydrogen-bond acceptors (Lipinski definition) is 5. The van der Waals surface area contributed by atoms with Gasteiger partial charge in [-0.25, -0.2) is 0 Å². The highest BCUT2D eigenvalue weighted by molar-refractivity contribution is 6.13. The molecule has 2 saturated carbocycles. The highest BCUT2D eigenvalue weighted by Crippen LogP contribution is 2.70. The van der Waals surface area contributed by atoms with Crippen molar-refractivity contribution in [3.05, 3.63) is 47.5 Å². The van der Waals surface area contributed by atoms with Crippen molar-refractivity contribution in [2.45, 2.75) is 31.2 Å². The summed E-state index contributed by atoms with van der Waals surface area (Å²) in [4.78, 5) is 69.7. The first-order chi connectivity index (χ1) is 15.8. The summed E-state index contributed by atoms with van der Waals surface area (Å²) in [5.41, 5.74) is -0.940. The summed E-state index contributed by atoms with van der Waals surface area (Å²) in [6.45, 7) is 0. The van der Waals surface area contributed by atoms with Gasteiger partial charge >= 0.3 is 0 Å². The molecule has 6 aliphatic rings. The van der Waals surface area contributed by atoms with Crippen LogP contribution in [0.25, 0.3) is 0 Å². The van der Waals surface area contributed by atoms with Gasteiger partial charge in [0, 0.05) is 25.1 Å². The minimum Gasteiger partial charge on any atom is -0.341 e. The fourth-order valence-corrected chi connectivity index (χ4v) is 7.57. The van der Waals surface area contributed by atoms with Gasteiger partial charge in [0.25, 0.3) is 5.91 Å². The molecule has 1 aromatic rings. The molecule has 7 rings (SSSR count). The maximum atomic E-state index is 13.5. The minimum atomic E-state index is -1.42. The molecule has 1 aromatic carbocycles. The third-order valence-electron chi connectivity index (χ3n) is 8.86. The van der Waals surface area contributed by atoms with E-state index in [-0.39, 0.29) is 11.8 Å². The monoisotopic (exact) mass is 447 g/mol. The van der Waals surface area contributed by atoms with Gasteiger partial charge < -0.3 is 5.32 Å². The number of likely N-dealkylation sites (tertiary alicyclic amines) is 2. The molecule has 8 heteroatoms. The van der Waals surface area contributed by atoms with Crippen molar-refractivity contribution in [2.24, 2.45) is 29.1 Å². The van der Waals surface area contributed by atoms with Crippen LogP contribution in [0.5, 0.6) is 0 Å². The van der Waals surface area contributed by atoms with Gasteiger partial charge in [0.05, 0.1) is 29.2 Å². The quantitative estimate of drug-likeness (QED) is 0.541. The van der Waals surface area contributed by atoms with Crippen LogP contribution in [0, 0.1) is 29.1 Å². The molecule has 8 nitrogen and oxygen atoms in total. The number of allylic oxidation sites excluding steroid dienone is 1. The first kappa shape index (κ1) is 20.3. The van der Waals surface area contributed by atoms with E-state index < -0.39 is 52.3 Å². The topological polar surface area (TPSA) is 104 Å². The van der Waals surface area contributed by atoms with Crippen LogP contribution in [0.15, 0.2) is 42.0 Å². The van der Waals surface area contributed by atoms with E-state index in [1.165, 1.54) is 14.1 Å². The van der Waals surface area contributed by atoms with Crippen LogP contribution in [0.4, 0.5) is 0 Å². The number of amides is 5. The van der Waals surface area contributed by atoms with E-state index in [9.17, 15) is 24.0 Å². The number of imide groups is 2. The number of nitrogens with one attached hydrogen (secondary N) is 1. The van der Waals surface area contributed by atoms with Crippen LogP contribution >= 0.6 is 0 Å². The molecule has 4 unspecified atom stereocenters. The van der Waals surface area contributed by atoms with Crippen LogP contribution in [0.3, 0.4) is 0 Å². The maximum absolute atomic E-state index is 13.5. The van der Waals surface area contributed by atoms with Crippen LogP contribution in [0.2, 0.25) is 0 Å². The second-order valence-electron chi connectivity index (χ2n) is 10.1. The summed E-state index contributed by atoms with van der Waals surface area (Å²) in [6, 6.07) is 8.59. The Bertz CT molecular complexity index is 1130. The predicted molar refractivity (Wildman–Crippen MR) is 115 cm³/mol. The van der Waals surface area contributed by atoms with Crippen molar-refractivity contribution in [3.8, 4) is 0 Å². The molecule has 1 N–H and O–H groups in total. The number of carbonyl (C=O) groups excluding carboxylic acids is 5. The van der Waals surface area contributed by atoms with E-state index in [4.69, 9.17) is 0 Å². The van der Waals surface area contributed by atoms with Gasteiger partial charge in [-0.3, -0.25) is 33.8 Å². The van der Waals surface area contributed by atoms with Gasteiger partial charge in [0.2, 0.25) is 23.6 Å². The van der Waals surface area contributed by atoms with Crippen molar-refractivity contribution >= 4 is 29.5 Å². The Kier molecular flexibility index (Phi) is 3.94. The molecule has 4 aliphatic carbocycles. The Morgan fingerprint density at radius 2 is 1.39 bits per heavy atom. The molecule has 2 saturated heterocycles. The second-order valence-corrected chi connectivity index (χ2v) is 10.1. The normalized spacial score (nSPS) is 38.8. The Labute approximate surface area is 191 Å². The van der Waals surface area contributed by atoms with Crippen LogP contribution in [0.1, 0.15) is 36.0 Å². The fraction of sp³-hybridized carbons (Fsp3) is 0.480. The van der Waals surface area contributed by atoms with Crippen LogP contribution < -0.4 is 5.32 Å². The lowest BCUT2D eigenvalue weighted by Crippen LogP contribution is -2.74. The SMILES string of the molecule is CN1C(=O)C2C(C1=O)C13CCCCC1=CC2(NC(=O)c1ccccc1)C1C(=O)N(C)C(=O)C13. The Morgan fingerprint density at radius 3 is 1.97 bits per heavy atom. The molecular weight excluding hydrogens is 422 g/mol. The third-order valence-corrected chi connectivity index (χ3v) is 8.86. The van der Waals surface area contributed by atoms with Crippen molar-refractivity contribution in [1.29, 1.82) is 0 Å². The highest BCUT2D eigenvalue weighted by Gasteiger charge is 2.80. The highest BCUT2D eigenvalue weighted by atomic mass is 16.2. The first-order valence-corrected chi connectivity index (χ1v) is 11.5. The van der Waals surface area contributed by atoms with Crippen molar-refractivity contribution in [2.75, 3.05) is 14.1 Å². The van der Waals surface area contributed by atoms with Crippen LogP contribution in [-0.2, 0) is 19.2 Å². The third kappa shape index (κ3) is 2.19. The van der Waals surface area contributed by atoms with E-state index in [0.717, 1.165) is 28.2 Å². The molecule has 1 spiro atoms. The lowest BCUT2D eigenvalue weighted by atomic mass is 9.39. The Morgan fingerprint density at radius 1 is 0.848 bits per heavy atom. The van der Waals surface area contributed by atoms with E-state index in [2.05, 4.69) is 5.32 Å². The minimum absolute atomic E-state index is 0.316. The van der Waals surface area contributed by atoms with Crippen molar-refractivity contribution in [3.63, 3.8) is 0 Å². The molecular formula is C25H25N3O5. The summed E-state index contributed by atoms with van der Waals surface area (Å²) in [5.74, 6) is -5.18. The molecule has 33 heavy (non-hydrogen) atoms. The molecule has 0 aromatic heterocycles. The largest absolute Gasteiger partial charge is 0.341 e. The molecule has 0 radical (unpaired) electrons. The average Bonchev–Trinajstić information content (AvgIpc) is 3.21. The molecule has 4 atom stereocenters. The summed E-state index contributed by atoms with van der Waals surface area (Å²) in [6.07, 6.45) is 4.89. The number of hydrogen-bond donors (Lipinski definition) is 1. The maximum Gasteiger partial charge on any atom is 0.252 e. The molecule has 4 fully saturated rings. The fourth-order valence-electron chi connectivity index (χ4n) is 7.57. The lowest BCUT2D eigenvalue weighted by molar-refractivity contribution is -0.155. The molecule has 170 valence electrons. The molecule has 5 amide bonds. The summed E-state index contributed by atoms with van der Waals surface area (Å²) in [7, 11) is 2.92. The van der Waals surface area contributed by atoms with Gasteiger partial charge in [-0.1, -0.05) is 36.3 Å². The number of benzene rings is 1. The lowest BCUT2D eigenvalue weighted by Gasteiger charge is -2.63. The standard InChI is InChI=1S/C25H25N3O5/c1-27-20(30)15-17(22(27)32)25(26-19(29)13-8-4-3-5-9-13)12-14-10-6-7-11-24(14,15)16-18(25)23(33)28(2)21(16)31/h3-5,8-9,12,15-18H,6-7,10-11H2,1-2H3,(H,26,29). The number of carbonyl (C=O) groups is 5. The Hall–Kier alpha value is -3.29. The molecule has 2 aliphatic heterocycles. The van der Waals surface area contributed by atoms with E-state index >= 15 is 0 Å². The van der Waals surface area contributed by atoms with Crippen molar-refractivity contribution < 1.29 is 24.0 Å². The van der Waals surface area contributed by atoms with Gasteiger partial charge in [-0.05, 0) is 31.4 Å².